The van der Waals surface area contributed by atoms with Crippen molar-refractivity contribution >= 4 is 21.6 Å². The minimum absolute atomic E-state index is 0.159. The summed E-state index contributed by atoms with van der Waals surface area (Å²) in [5.41, 5.74) is 1.05. The van der Waals surface area contributed by atoms with Crippen molar-refractivity contribution in [2.45, 2.75) is 17.7 Å². The number of sulfonamides is 1. The second kappa shape index (κ2) is 8.54. The van der Waals surface area contributed by atoms with Gasteiger partial charge in [0.15, 0.2) is 0 Å². The number of hydrogen-bond acceptors (Lipinski definition) is 3. The summed E-state index contributed by atoms with van der Waals surface area (Å²) in [6, 6.07) is 15.0. The average molecular weight is 389 g/mol. The van der Waals surface area contributed by atoms with Gasteiger partial charge in [-0.25, -0.2) is 8.42 Å². The molecule has 0 atom stereocenters. The Labute approximate surface area is 160 Å². The number of para-hydroxylation sites is 1. The van der Waals surface area contributed by atoms with E-state index in [2.05, 4.69) is 5.32 Å². The molecule has 144 valence electrons. The van der Waals surface area contributed by atoms with Crippen LogP contribution >= 0.6 is 0 Å². The molecule has 0 aliphatic carbocycles. The number of rotatable bonds is 7. The fraction of sp³-hybridized carbons (Fsp3) is 0.350. The van der Waals surface area contributed by atoms with Gasteiger partial charge in [-0.3, -0.25) is 9.10 Å². The molecule has 0 spiro atoms. The van der Waals surface area contributed by atoms with E-state index < -0.39 is 10.0 Å². The van der Waals surface area contributed by atoms with Crippen molar-refractivity contribution in [2.75, 3.05) is 37.5 Å². The topological polar surface area (TPSA) is 70.9 Å². The molecular weight excluding hydrogens is 362 g/mol. The molecule has 6 nitrogen and oxygen atoms in total. The molecule has 1 saturated heterocycles. The number of benzene rings is 2. The molecule has 0 bridgehead atoms. The molecule has 2 N–H and O–H groups in total. The summed E-state index contributed by atoms with van der Waals surface area (Å²) >= 11 is 0. The van der Waals surface area contributed by atoms with Gasteiger partial charge < -0.3 is 10.2 Å². The van der Waals surface area contributed by atoms with Crippen LogP contribution in [0.1, 0.15) is 23.2 Å². The Morgan fingerprint density at radius 3 is 2.30 bits per heavy atom. The van der Waals surface area contributed by atoms with Crippen molar-refractivity contribution in [2.24, 2.45) is 0 Å². The molecule has 7 heteroatoms. The zero-order chi connectivity index (χ0) is 19.3. The normalized spacial score (nSPS) is 14.9. The smallest absolute Gasteiger partial charge is 0.264 e. The number of hydrogen-bond donors (Lipinski definition) is 2. The first-order valence-electron chi connectivity index (χ1n) is 9.24. The number of amides is 1. The van der Waals surface area contributed by atoms with Gasteiger partial charge in [0.05, 0.1) is 36.8 Å². The van der Waals surface area contributed by atoms with Crippen LogP contribution in [0.4, 0.5) is 5.69 Å². The van der Waals surface area contributed by atoms with Gasteiger partial charge in [0.1, 0.15) is 0 Å². The maximum absolute atomic E-state index is 12.8. The van der Waals surface area contributed by atoms with Gasteiger partial charge in [0.2, 0.25) is 0 Å². The van der Waals surface area contributed by atoms with E-state index >= 15 is 0 Å². The number of likely N-dealkylation sites (tertiary alicyclic amines) is 1. The first-order valence-corrected chi connectivity index (χ1v) is 10.7. The highest BCUT2D eigenvalue weighted by atomic mass is 32.2. The minimum Gasteiger partial charge on any atom is -0.346 e. The van der Waals surface area contributed by atoms with Crippen LogP contribution in [-0.2, 0) is 10.0 Å². The van der Waals surface area contributed by atoms with Gasteiger partial charge in [0.25, 0.3) is 15.9 Å². The summed E-state index contributed by atoms with van der Waals surface area (Å²) in [6.45, 7) is 3.92. The molecule has 27 heavy (non-hydrogen) atoms. The maximum Gasteiger partial charge on any atom is 0.264 e. The summed E-state index contributed by atoms with van der Waals surface area (Å²) in [7, 11) is -2.14. The molecule has 0 unspecified atom stereocenters. The largest absolute Gasteiger partial charge is 0.346 e. The number of carbonyl (C=O) groups excluding carboxylic acids is 1. The number of nitrogens with one attached hydrogen (secondary N) is 2. The van der Waals surface area contributed by atoms with Crippen molar-refractivity contribution in [1.29, 1.82) is 0 Å². The van der Waals surface area contributed by atoms with E-state index in [9.17, 15) is 13.2 Å². The molecule has 1 aliphatic rings. The third-order valence-corrected chi connectivity index (χ3v) is 6.77. The van der Waals surface area contributed by atoms with E-state index in [0.29, 0.717) is 17.8 Å². The van der Waals surface area contributed by atoms with Crippen molar-refractivity contribution < 1.29 is 18.1 Å². The van der Waals surface area contributed by atoms with Crippen LogP contribution in [0.25, 0.3) is 0 Å². The van der Waals surface area contributed by atoms with Gasteiger partial charge in [-0.2, -0.15) is 0 Å². The monoisotopic (exact) mass is 388 g/mol. The van der Waals surface area contributed by atoms with Crippen molar-refractivity contribution in [3.05, 3.63) is 60.2 Å². The lowest BCUT2D eigenvalue weighted by Crippen LogP contribution is -3.10. The highest BCUT2D eigenvalue weighted by molar-refractivity contribution is 7.92. The van der Waals surface area contributed by atoms with Gasteiger partial charge in [-0.1, -0.05) is 18.2 Å². The Hall–Kier alpha value is -2.38. The summed E-state index contributed by atoms with van der Waals surface area (Å²) in [5.74, 6) is -0.172. The van der Waals surface area contributed by atoms with E-state index in [-0.39, 0.29) is 10.8 Å². The number of nitrogens with zero attached hydrogens (tertiary/aromatic N) is 1. The van der Waals surface area contributed by atoms with Gasteiger partial charge in [-0.15, -0.1) is 0 Å². The molecule has 1 amide bonds. The Balaban J connectivity index is 1.62. The third-order valence-electron chi connectivity index (χ3n) is 4.97. The minimum atomic E-state index is -3.66. The SMILES string of the molecule is CN(c1ccccc1)S(=O)(=O)c1ccc(C(=O)NCC[NH+]2CCCC2)cc1. The van der Waals surface area contributed by atoms with Crippen LogP contribution in [0, 0.1) is 0 Å². The standard InChI is InChI=1S/C20H25N3O3S/c1-22(18-7-3-2-4-8-18)27(25,26)19-11-9-17(10-12-19)20(24)21-13-16-23-14-5-6-15-23/h2-4,7-12H,5-6,13-16H2,1H3,(H,21,24)/p+1. The summed E-state index contributed by atoms with van der Waals surface area (Å²) in [6.07, 6.45) is 2.52. The van der Waals surface area contributed by atoms with Crippen molar-refractivity contribution in [3.63, 3.8) is 0 Å². The zero-order valence-corrected chi connectivity index (χ0v) is 16.3. The molecule has 3 rings (SSSR count). The molecule has 0 saturated carbocycles. The fourth-order valence-corrected chi connectivity index (χ4v) is 4.49. The maximum atomic E-state index is 12.8. The van der Waals surface area contributed by atoms with E-state index in [1.807, 2.05) is 6.07 Å². The quantitative estimate of drug-likeness (QED) is 0.741. The second-order valence-electron chi connectivity index (χ2n) is 6.80. The number of carbonyl (C=O) groups is 1. The Morgan fingerprint density at radius 2 is 1.67 bits per heavy atom. The predicted molar refractivity (Wildman–Crippen MR) is 106 cm³/mol. The van der Waals surface area contributed by atoms with E-state index in [0.717, 1.165) is 6.54 Å². The first-order chi connectivity index (χ1) is 13.0. The molecule has 2 aromatic carbocycles. The fourth-order valence-electron chi connectivity index (χ4n) is 3.29. The van der Waals surface area contributed by atoms with Crippen LogP contribution in [-0.4, -0.2) is 47.6 Å². The summed E-state index contributed by atoms with van der Waals surface area (Å²) in [4.78, 5) is 13.9. The lowest BCUT2D eigenvalue weighted by atomic mass is 10.2. The van der Waals surface area contributed by atoms with Crippen LogP contribution < -0.4 is 14.5 Å². The highest BCUT2D eigenvalue weighted by Crippen LogP contribution is 2.21. The first kappa shape index (κ1) is 19.4. The Kier molecular flexibility index (Phi) is 6.13. The Bertz CT molecular complexity index is 861. The molecule has 2 aromatic rings. The third kappa shape index (κ3) is 4.67. The van der Waals surface area contributed by atoms with E-state index in [1.54, 1.807) is 36.4 Å². The van der Waals surface area contributed by atoms with Crippen molar-refractivity contribution in [1.82, 2.24) is 5.32 Å². The molecule has 1 aliphatic heterocycles. The molecule has 0 aromatic heterocycles. The average Bonchev–Trinajstić information content (AvgIpc) is 3.21. The highest BCUT2D eigenvalue weighted by Gasteiger charge is 2.21. The lowest BCUT2D eigenvalue weighted by Gasteiger charge is -2.19. The lowest BCUT2D eigenvalue weighted by molar-refractivity contribution is -0.886. The number of quaternary nitrogens is 1. The van der Waals surface area contributed by atoms with E-state index in [1.165, 1.54) is 54.3 Å². The summed E-state index contributed by atoms with van der Waals surface area (Å²) < 4.78 is 26.7. The van der Waals surface area contributed by atoms with Crippen LogP contribution in [0.3, 0.4) is 0 Å². The Morgan fingerprint density at radius 1 is 1.04 bits per heavy atom. The molecule has 1 fully saturated rings. The number of anilines is 1. The molecule has 1 heterocycles. The van der Waals surface area contributed by atoms with Gasteiger partial charge >= 0.3 is 0 Å². The zero-order valence-electron chi connectivity index (χ0n) is 15.5. The second-order valence-corrected chi connectivity index (χ2v) is 8.76. The van der Waals surface area contributed by atoms with Gasteiger partial charge in [0, 0.05) is 25.5 Å². The van der Waals surface area contributed by atoms with Crippen LogP contribution in [0.2, 0.25) is 0 Å². The van der Waals surface area contributed by atoms with Gasteiger partial charge in [-0.05, 0) is 36.4 Å². The summed E-state index contributed by atoms with van der Waals surface area (Å²) in [5, 5.41) is 2.91. The molecule has 0 radical (unpaired) electrons. The van der Waals surface area contributed by atoms with Crippen LogP contribution in [0.5, 0.6) is 0 Å². The van der Waals surface area contributed by atoms with Crippen molar-refractivity contribution in [3.8, 4) is 0 Å². The van der Waals surface area contributed by atoms with E-state index in [4.69, 9.17) is 0 Å². The molecular formula is C20H26N3O3S+. The predicted octanol–water partition coefficient (Wildman–Crippen LogP) is 0.920. The van der Waals surface area contributed by atoms with Crippen LogP contribution in [0.15, 0.2) is 59.5 Å².